The molecule has 0 aliphatic rings. The maximum Gasteiger partial charge on any atom is 0.439 e. The van der Waals surface area contributed by atoms with E-state index in [4.69, 9.17) is 9.47 Å². The van der Waals surface area contributed by atoms with Crippen LogP contribution < -0.4 is 10.5 Å². The Labute approximate surface area is 202 Å². The Morgan fingerprint density at radius 2 is 1.91 bits per heavy atom. The standard InChI is InChI=1S/C24H22F3N3O4S/c1-4-19(20-13(2)28-22(35-20)14-5-7-16(8-6-14)24(25,26)27)33-17-9-10-18(15(11-17)12-32-3)21-29-23(31)34-30-21/h5-11,19H,4,12H2,1-3H3,(H,29,30,31). The van der Waals surface area contributed by atoms with Crippen molar-refractivity contribution in [2.24, 2.45) is 0 Å². The zero-order valence-corrected chi connectivity index (χ0v) is 19.9. The first-order valence-electron chi connectivity index (χ1n) is 10.7. The Kier molecular flexibility index (Phi) is 7.08. The van der Waals surface area contributed by atoms with Gasteiger partial charge in [-0.2, -0.15) is 13.2 Å². The summed E-state index contributed by atoms with van der Waals surface area (Å²) >= 11 is 1.39. The lowest BCUT2D eigenvalue weighted by Crippen LogP contribution is -2.07. The van der Waals surface area contributed by atoms with Crippen molar-refractivity contribution in [1.29, 1.82) is 0 Å². The molecule has 0 bridgehead atoms. The van der Waals surface area contributed by atoms with Gasteiger partial charge in [-0.05, 0) is 49.2 Å². The van der Waals surface area contributed by atoms with Crippen molar-refractivity contribution < 1.29 is 27.2 Å². The molecule has 2 aromatic carbocycles. The SMILES string of the molecule is CCC(Oc1ccc(-c2noc(=O)[nH]2)c(COC)c1)c1sc(-c2ccc(C(F)(F)F)cc2)nc1C. The third-order valence-corrected chi connectivity index (χ3v) is 6.60. The lowest BCUT2D eigenvalue weighted by molar-refractivity contribution is -0.137. The van der Waals surface area contributed by atoms with E-state index in [2.05, 4.69) is 19.6 Å². The molecule has 0 aliphatic heterocycles. The number of benzene rings is 2. The predicted molar refractivity (Wildman–Crippen MR) is 124 cm³/mol. The highest BCUT2D eigenvalue weighted by atomic mass is 32.1. The fourth-order valence-corrected chi connectivity index (χ4v) is 4.80. The molecule has 0 saturated heterocycles. The molecular formula is C24H22F3N3O4S. The summed E-state index contributed by atoms with van der Waals surface area (Å²) in [5, 5.41) is 4.36. The van der Waals surface area contributed by atoms with E-state index < -0.39 is 17.5 Å². The number of nitrogens with one attached hydrogen (secondary N) is 1. The lowest BCUT2D eigenvalue weighted by Gasteiger charge is -2.18. The maximum atomic E-state index is 12.9. The molecule has 1 N–H and O–H groups in total. The highest BCUT2D eigenvalue weighted by molar-refractivity contribution is 7.15. The minimum Gasteiger partial charge on any atom is -0.485 e. The average molecular weight is 506 g/mol. The van der Waals surface area contributed by atoms with E-state index in [0.29, 0.717) is 34.1 Å². The lowest BCUT2D eigenvalue weighted by atomic mass is 10.1. The highest BCUT2D eigenvalue weighted by Gasteiger charge is 2.30. The zero-order chi connectivity index (χ0) is 25.2. The highest BCUT2D eigenvalue weighted by Crippen LogP contribution is 2.37. The summed E-state index contributed by atoms with van der Waals surface area (Å²) in [6.07, 6.45) is -4.05. The second-order valence-electron chi connectivity index (χ2n) is 7.75. The molecular weight excluding hydrogens is 483 g/mol. The number of aromatic amines is 1. The Hall–Kier alpha value is -3.44. The number of alkyl halides is 3. The van der Waals surface area contributed by atoms with Gasteiger partial charge in [0.2, 0.25) is 0 Å². The summed E-state index contributed by atoms with van der Waals surface area (Å²) in [7, 11) is 1.56. The number of halogens is 3. The van der Waals surface area contributed by atoms with Crippen molar-refractivity contribution in [2.45, 2.75) is 39.2 Å². The van der Waals surface area contributed by atoms with Crippen LogP contribution in [-0.2, 0) is 17.5 Å². The van der Waals surface area contributed by atoms with Crippen LogP contribution in [0.25, 0.3) is 22.0 Å². The Morgan fingerprint density at radius 1 is 1.17 bits per heavy atom. The molecule has 1 atom stereocenters. The molecule has 2 heterocycles. The zero-order valence-electron chi connectivity index (χ0n) is 19.1. The normalized spacial score (nSPS) is 12.6. The first kappa shape index (κ1) is 24.7. The Morgan fingerprint density at radius 3 is 2.51 bits per heavy atom. The third-order valence-electron chi connectivity index (χ3n) is 5.31. The van der Waals surface area contributed by atoms with Gasteiger partial charge in [-0.1, -0.05) is 24.2 Å². The number of aromatic nitrogens is 3. The maximum absolute atomic E-state index is 12.9. The molecule has 1 unspecified atom stereocenters. The molecule has 184 valence electrons. The summed E-state index contributed by atoms with van der Waals surface area (Å²) in [6.45, 7) is 4.09. The Bertz CT molecular complexity index is 1360. The van der Waals surface area contributed by atoms with Gasteiger partial charge in [-0.3, -0.25) is 9.51 Å². The monoisotopic (exact) mass is 505 g/mol. The molecule has 4 rings (SSSR count). The van der Waals surface area contributed by atoms with Crippen LogP contribution in [-0.4, -0.2) is 22.2 Å². The summed E-state index contributed by atoms with van der Waals surface area (Å²) in [5.41, 5.74) is 2.06. The average Bonchev–Trinajstić information content (AvgIpc) is 3.43. The van der Waals surface area contributed by atoms with Crippen LogP contribution in [0.5, 0.6) is 5.75 Å². The van der Waals surface area contributed by atoms with Crippen LogP contribution in [0.4, 0.5) is 13.2 Å². The molecule has 0 radical (unpaired) electrons. The molecule has 0 aliphatic carbocycles. The van der Waals surface area contributed by atoms with Gasteiger partial charge in [0.25, 0.3) is 0 Å². The van der Waals surface area contributed by atoms with Crippen LogP contribution in [0.2, 0.25) is 0 Å². The second-order valence-corrected chi connectivity index (χ2v) is 8.78. The van der Waals surface area contributed by atoms with Crippen LogP contribution in [0.3, 0.4) is 0 Å². The van der Waals surface area contributed by atoms with E-state index >= 15 is 0 Å². The van der Waals surface area contributed by atoms with Crippen molar-refractivity contribution in [3.05, 3.63) is 74.7 Å². The first-order valence-corrected chi connectivity index (χ1v) is 11.5. The van der Waals surface area contributed by atoms with Gasteiger partial charge in [0.1, 0.15) is 16.9 Å². The number of H-pyrrole nitrogens is 1. The summed E-state index contributed by atoms with van der Waals surface area (Å²) in [4.78, 5) is 19.3. The number of rotatable bonds is 8. The van der Waals surface area contributed by atoms with E-state index in [1.807, 2.05) is 19.9 Å². The fraction of sp³-hybridized carbons (Fsp3) is 0.292. The van der Waals surface area contributed by atoms with E-state index in [0.717, 1.165) is 28.3 Å². The van der Waals surface area contributed by atoms with Gasteiger partial charge in [-0.15, -0.1) is 11.3 Å². The van der Waals surface area contributed by atoms with Crippen molar-refractivity contribution >= 4 is 11.3 Å². The van der Waals surface area contributed by atoms with Gasteiger partial charge in [0, 0.05) is 18.2 Å². The minimum atomic E-state index is -4.39. The van der Waals surface area contributed by atoms with Crippen LogP contribution in [0.15, 0.2) is 51.8 Å². The van der Waals surface area contributed by atoms with Crippen LogP contribution in [0.1, 0.15) is 41.1 Å². The second kappa shape index (κ2) is 10.0. The van der Waals surface area contributed by atoms with Crippen molar-refractivity contribution in [3.8, 4) is 27.7 Å². The smallest absolute Gasteiger partial charge is 0.439 e. The Balaban J connectivity index is 1.59. The van der Waals surface area contributed by atoms with Gasteiger partial charge < -0.3 is 9.47 Å². The van der Waals surface area contributed by atoms with Crippen molar-refractivity contribution in [1.82, 2.24) is 15.1 Å². The third kappa shape index (κ3) is 5.46. The van der Waals surface area contributed by atoms with Gasteiger partial charge in [0.15, 0.2) is 5.82 Å². The summed E-state index contributed by atoms with van der Waals surface area (Å²) in [6, 6.07) is 10.3. The molecule has 0 saturated carbocycles. The van der Waals surface area contributed by atoms with Gasteiger partial charge in [-0.25, -0.2) is 9.78 Å². The fourth-order valence-electron chi connectivity index (χ4n) is 3.61. The molecule has 0 fully saturated rings. The molecule has 4 aromatic rings. The summed E-state index contributed by atoms with van der Waals surface area (Å²) in [5.74, 6) is 0.224. The molecule has 0 spiro atoms. The number of ether oxygens (including phenoxy) is 2. The molecule has 0 amide bonds. The number of methoxy groups -OCH3 is 1. The van der Waals surface area contributed by atoms with E-state index in [9.17, 15) is 18.0 Å². The largest absolute Gasteiger partial charge is 0.485 e. The minimum absolute atomic E-state index is 0.260. The quantitative estimate of drug-likeness (QED) is 0.309. The topological polar surface area (TPSA) is 90.2 Å². The van der Waals surface area contributed by atoms with Crippen molar-refractivity contribution in [2.75, 3.05) is 7.11 Å². The van der Waals surface area contributed by atoms with E-state index in [1.54, 1.807) is 19.2 Å². The predicted octanol–water partition coefficient (Wildman–Crippen LogP) is 6.16. The number of nitrogens with zero attached hydrogens (tertiary/aromatic N) is 2. The van der Waals surface area contributed by atoms with Gasteiger partial charge in [0.05, 0.1) is 22.7 Å². The van der Waals surface area contributed by atoms with Gasteiger partial charge >= 0.3 is 11.9 Å². The molecule has 2 aromatic heterocycles. The number of aryl methyl sites for hydroxylation is 1. The molecule has 7 nitrogen and oxygen atoms in total. The van der Waals surface area contributed by atoms with E-state index in [-0.39, 0.29) is 12.7 Å². The number of hydrogen-bond donors (Lipinski definition) is 1. The molecule has 11 heteroatoms. The number of hydrogen-bond acceptors (Lipinski definition) is 7. The van der Waals surface area contributed by atoms with Crippen molar-refractivity contribution in [3.63, 3.8) is 0 Å². The molecule has 35 heavy (non-hydrogen) atoms. The number of thiazole rings is 1. The van der Waals surface area contributed by atoms with E-state index in [1.165, 1.54) is 23.5 Å². The first-order chi connectivity index (χ1) is 16.7. The van der Waals surface area contributed by atoms with Crippen LogP contribution >= 0.6 is 11.3 Å². The van der Waals surface area contributed by atoms with Crippen LogP contribution in [0, 0.1) is 6.92 Å². The summed E-state index contributed by atoms with van der Waals surface area (Å²) < 4.78 is 54.8.